The first-order chi connectivity index (χ1) is 10.5. The Morgan fingerprint density at radius 2 is 1.41 bits per heavy atom. The summed E-state index contributed by atoms with van der Waals surface area (Å²) in [6, 6.07) is 12.8. The standard InChI is InChI=1S/C21H28O/c1-6-17-18(14(2)3)12-19(15(4)5)20(13-22)21(17)16-10-8-7-9-11-16/h7-12,14-15,22H,6,13H2,1-5H3. The molecule has 0 atom stereocenters. The van der Waals surface area contributed by atoms with E-state index in [1.807, 2.05) is 6.07 Å². The summed E-state index contributed by atoms with van der Waals surface area (Å²) in [7, 11) is 0. The highest BCUT2D eigenvalue weighted by atomic mass is 16.3. The zero-order valence-electron chi connectivity index (χ0n) is 14.5. The minimum absolute atomic E-state index is 0.100. The number of aliphatic hydroxyl groups excluding tert-OH is 1. The Hall–Kier alpha value is -1.60. The van der Waals surface area contributed by atoms with Gasteiger partial charge in [0, 0.05) is 0 Å². The van der Waals surface area contributed by atoms with Gasteiger partial charge in [-0.3, -0.25) is 0 Å². The average Bonchev–Trinajstić information content (AvgIpc) is 2.53. The van der Waals surface area contributed by atoms with E-state index in [1.165, 1.54) is 27.8 Å². The first-order valence-corrected chi connectivity index (χ1v) is 8.36. The van der Waals surface area contributed by atoms with Crippen LogP contribution in [0.1, 0.15) is 68.7 Å². The van der Waals surface area contributed by atoms with Crippen molar-refractivity contribution in [2.75, 3.05) is 0 Å². The van der Waals surface area contributed by atoms with Crippen molar-refractivity contribution in [2.45, 2.75) is 59.5 Å². The molecule has 1 N–H and O–H groups in total. The van der Waals surface area contributed by atoms with Gasteiger partial charge in [-0.05, 0) is 51.6 Å². The predicted molar refractivity (Wildman–Crippen MR) is 95.4 cm³/mol. The van der Waals surface area contributed by atoms with Crippen LogP contribution in [-0.2, 0) is 13.0 Å². The molecule has 0 radical (unpaired) electrons. The third-order valence-electron chi connectivity index (χ3n) is 4.43. The maximum Gasteiger partial charge on any atom is 0.0690 e. The van der Waals surface area contributed by atoms with Gasteiger partial charge in [0.1, 0.15) is 0 Å². The van der Waals surface area contributed by atoms with E-state index in [-0.39, 0.29) is 6.61 Å². The molecular weight excluding hydrogens is 268 g/mol. The number of hydrogen-bond acceptors (Lipinski definition) is 1. The molecule has 0 heterocycles. The summed E-state index contributed by atoms with van der Waals surface area (Å²) in [4.78, 5) is 0. The Balaban J connectivity index is 2.87. The summed E-state index contributed by atoms with van der Waals surface area (Å²) < 4.78 is 0. The summed E-state index contributed by atoms with van der Waals surface area (Å²) >= 11 is 0. The van der Waals surface area contributed by atoms with E-state index in [2.05, 4.69) is 65.0 Å². The molecule has 2 aromatic carbocycles. The number of hydrogen-bond donors (Lipinski definition) is 1. The van der Waals surface area contributed by atoms with Gasteiger partial charge >= 0.3 is 0 Å². The molecule has 0 saturated heterocycles. The molecule has 0 fully saturated rings. The van der Waals surface area contributed by atoms with Crippen LogP contribution in [0.25, 0.3) is 11.1 Å². The lowest BCUT2D eigenvalue weighted by Crippen LogP contribution is -2.08. The highest BCUT2D eigenvalue weighted by Gasteiger charge is 2.20. The van der Waals surface area contributed by atoms with Crippen LogP contribution in [0.4, 0.5) is 0 Å². The Kier molecular flexibility index (Phi) is 5.42. The van der Waals surface area contributed by atoms with Gasteiger partial charge in [0.15, 0.2) is 0 Å². The molecule has 0 aliphatic heterocycles. The lowest BCUT2D eigenvalue weighted by molar-refractivity contribution is 0.280. The summed E-state index contributed by atoms with van der Waals surface area (Å²) in [5, 5.41) is 10.1. The lowest BCUT2D eigenvalue weighted by Gasteiger charge is -2.24. The molecule has 1 heteroatoms. The molecule has 0 aromatic heterocycles. The van der Waals surface area contributed by atoms with Gasteiger partial charge in [-0.2, -0.15) is 0 Å². The lowest BCUT2D eigenvalue weighted by atomic mass is 9.81. The average molecular weight is 296 g/mol. The van der Waals surface area contributed by atoms with E-state index in [0.29, 0.717) is 11.8 Å². The van der Waals surface area contributed by atoms with E-state index in [1.54, 1.807) is 0 Å². The second-order valence-electron chi connectivity index (χ2n) is 6.57. The third kappa shape index (κ3) is 3.10. The smallest absolute Gasteiger partial charge is 0.0690 e. The minimum atomic E-state index is 0.100. The highest BCUT2D eigenvalue weighted by molar-refractivity contribution is 5.74. The highest BCUT2D eigenvalue weighted by Crippen LogP contribution is 2.38. The van der Waals surface area contributed by atoms with E-state index in [4.69, 9.17) is 0 Å². The van der Waals surface area contributed by atoms with Crippen molar-refractivity contribution in [2.24, 2.45) is 0 Å². The number of rotatable bonds is 5. The molecule has 0 aliphatic carbocycles. The van der Waals surface area contributed by atoms with Crippen molar-refractivity contribution in [1.82, 2.24) is 0 Å². The summed E-state index contributed by atoms with van der Waals surface area (Å²) in [6.45, 7) is 11.2. The quantitative estimate of drug-likeness (QED) is 0.755. The summed E-state index contributed by atoms with van der Waals surface area (Å²) in [5.74, 6) is 0.899. The largest absolute Gasteiger partial charge is 0.392 e. The zero-order chi connectivity index (χ0) is 16.3. The van der Waals surface area contributed by atoms with E-state index in [0.717, 1.165) is 12.0 Å². The monoisotopic (exact) mass is 296 g/mol. The van der Waals surface area contributed by atoms with Crippen LogP contribution < -0.4 is 0 Å². The predicted octanol–water partition coefficient (Wildman–Crippen LogP) is 5.66. The van der Waals surface area contributed by atoms with Crippen LogP contribution in [-0.4, -0.2) is 5.11 Å². The number of benzene rings is 2. The molecule has 118 valence electrons. The summed E-state index contributed by atoms with van der Waals surface area (Å²) in [6.07, 6.45) is 0.989. The second-order valence-corrected chi connectivity index (χ2v) is 6.57. The van der Waals surface area contributed by atoms with Crippen LogP contribution in [0.3, 0.4) is 0 Å². The molecule has 22 heavy (non-hydrogen) atoms. The first kappa shape index (κ1) is 16.8. The number of aliphatic hydroxyl groups is 1. The Morgan fingerprint density at radius 1 is 0.864 bits per heavy atom. The Labute approximate surface area is 135 Å². The summed E-state index contributed by atoms with van der Waals surface area (Å²) in [5.41, 5.74) is 7.65. The van der Waals surface area contributed by atoms with Crippen LogP contribution in [0.5, 0.6) is 0 Å². The molecular formula is C21H28O. The molecule has 1 nitrogen and oxygen atoms in total. The SMILES string of the molecule is CCc1c(C(C)C)cc(C(C)C)c(CO)c1-c1ccccc1. The third-order valence-corrected chi connectivity index (χ3v) is 4.43. The zero-order valence-corrected chi connectivity index (χ0v) is 14.5. The van der Waals surface area contributed by atoms with Crippen molar-refractivity contribution < 1.29 is 5.11 Å². The minimum Gasteiger partial charge on any atom is -0.392 e. The topological polar surface area (TPSA) is 20.2 Å². The molecule has 0 unspecified atom stereocenters. The normalized spacial score (nSPS) is 11.5. The van der Waals surface area contributed by atoms with Crippen molar-refractivity contribution >= 4 is 0 Å². The maximum absolute atomic E-state index is 10.1. The van der Waals surface area contributed by atoms with Crippen molar-refractivity contribution in [3.8, 4) is 11.1 Å². The fourth-order valence-corrected chi connectivity index (χ4v) is 3.35. The van der Waals surface area contributed by atoms with E-state index in [9.17, 15) is 5.11 Å². The van der Waals surface area contributed by atoms with E-state index < -0.39 is 0 Å². The van der Waals surface area contributed by atoms with Gasteiger partial charge in [0.2, 0.25) is 0 Å². The van der Waals surface area contributed by atoms with Gasteiger partial charge in [-0.15, -0.1) is 0 Å². The van der Waals surface area contributed by atoms with Crippen molar-refractivity contribution in [3.63, 3.8) is 0 Å². The van der Waals surface area contributed by atoms with Crippen LogP contribution in [0.2, 0.25) is 0 Å². The Bertz CT molecular complexity index is 590. The van der Waals surface area contributed by atoms with Crippen LogP contribution >= 0.6 is 0 Å². The molecule has 0 saturated carbocycles. The second kappa shape index (κ2) is 7.11. The van der Waals surface area contributed by atoms with Gasteiger partial charge in [-0.25, -0.2) is 0 Å². The van der Waals surface area contributed by atoms with E-state index >= 15 is 0 Å². The van der Waals surface area contributed by atoms with Gasteiger partial charge in [0.05, 0.1) is 6.61 Å². The first-order valence-electron chi connectivity index (χ1n) is 8.36. The molecule has 0 amide bonds. The fraction of sp³-hybridized carbons (Fsp3) is 0.429. The molecule has 0 aliphatic rings. The molecule has 0 spiro atoms. The molecule has 0 bridgehead atoms. The van der Waals surface area contributed by atoms with Crippen molar-refractivity contribution in [3.05, 3.63) is 58.7 Å². The van der Waals surface area contributed by atoms with Crippen molar-refractivity contribution in [1.29, 1.82) is 0 Å². The van der Waals surface area contributed by atoms with Gasteiger partial charge in [0.25, 0.3) is 0 Å². The fourth-order valence-electron chi connectivity index (χ4n) is 3.35. The van der Waals surface area contributed by atoms with Crippen LogP contribution in [0.15, 0.2) is 36.4 Å². The van der Waals surface area contributed by atoms with Gasteiger partial charge in [-0.1, -0.05) is 71.0 Å². The Morgan fingerprint density at radius 3 is 1.86 bits per heavy atom. The maximum atomic E-state index is 10.1. The van der Waals surface area contributed by atoms with Crippen LogP contribution in [0, 0.1) is 0 Å². The van der Waals surface area contributed by atoms with Gasteiger partial charge < -0.3 is 5.11 Å². The molecule has 2 rings (SSSR count). The molecule has 2 aromatic rings.